The predicted molar refractivity (Wildman–Crippen MR) is 121 cm³/mol. The summed E-state index contributed by atoms with van der Waals surface area (Å²) in [5, 5.41) is 2.76. The molecule has 1 amide bonds. The van der Waals surface area contributed by atoms with Gasteiger partial charge >= 0.3 is 6.09 Å². The van der Waals surface area contributed by atoms with Crippen LogP contribution >= 0.6 is 11.8 Å². The summed E-state index contributed by atoms with van der Waals surface area (Å²) in [6.07, 6.45) is -0.474. The molecule has 0 unspecified atom stereocenters. The van der Waals surface area contributed by atoms with Crippen LogP contribution in [0.3, 0.4) is 0 Å². The Morgan fingerprint density at radius 2 is 1.63 bits per heavy atom. The summed E-state index contributed by atoms with van der Waals surface area (Å²) in [7, 11) is 0. The molecule has 0 aliphatic heterocycles. The minimum Gasteiger partial charge on any atom is -0.489 e. The van der Waals surface area contributed by atoms with E-state index in [-0.39, 0.29) is 5.54 Å². The first kappa shape index (κ1) is 21.6. The molecule has 6 heteroatoms. The average Bonchev–Trinajstić information content (AvgIpc) is 2.69. The molecule has 0 fully saturated rings. The third kappa shape index (κ3) is 6.74. The van der Waals surface area contributed by atoms with Crippen molar-refractivity contribution in [2.24, 2.45) is 0 Å². The van der Waals surface area contributed by atoms with Gasteiger partial charge in [-0.05, 0) is 62.7 Å². The number of rotatable bonds is 6. The van der Waals surface area contributed by atoms with Crippen LogP contribution < -0.4 is 20.5 Å². The first-order chi connectivity index (χ1) is 14.3. The largest absolute Gasteiger partial charge is 0.489 e. The zero-order valence-electron chi connectivity index (χ0n) is 17.3. The Hall–Kier alpha value is -3.12. The van der Waals surface area contributed by atoms with Crippen molar-refractivity contribution in [1.82, 2.24) is 5.32 Å². The summed E-state index contributed by atoms with van der Waals surface area (Å²) >= 11 is 1.54. The second kappa shape index (κ2) is 9.59. The lowest BCUT2D eigenvalue weighted by atomic mass is 10.1. The van der Waals surface area contributed by atoms with Gasteiger partial charge in [-0.15, -0.1) is 0 Å². The topological polar surface area (TPSA) is 73.6 Å². The zero-order valence-corrected chi connectivity index (χ0v) is 18.2. The fraction of sp³-hybridized carbons (Fsp3) is 0.208. The summed E-state index contributed by atoms with van der Waals surface area (Å²) in [5.41, 5.74) is 7.62. The Morgan fingerprint density at radius 1 is 0.967 bits per heavy atom. The summed E-state index contributed by atoms with van der Waals surface area (Å²) < 4.78 is 11.1. The Morgan fingerprint density at radius 3 is 2.27 bits per heavy atom. The van der Waals surface area contributed by atoms with Crippen molar-refractivity contribution in [2.45, 2.75) is 42.7 Å². The zero-order chi connectivity index (χ0) is 21.6. The standard InChI is InChI=1S/C24H26N2O3S/c1-24(2,3)26-23(27)29-18-9-12-20(13-10-18)30-22-14-11-19(15-21(22)25)28-16-17-7-5-4-6-8-17/h4-15H,16,25H2,1-3H3,(H,26,27). The normalized spacial score (nSPS) is 11.0. The maximum absolute atomic E-state index is 11.9. The van der Waals surface area contributed by atoms with E-state index in [0.29, 0.717) is 18.0 Å². The Labute approximate surface area is 181 Å². The number of hydrogen-bond acceptors (Lipinski definition) is 5. The first-order valence-corrected chi connectivity index (χ1v) is 10.4. The fourth-order valence-corrected chi connectivity index (χ4v) is 3.43. The minimum absolute atomic E-state index is 0.346. The van der Waals surface area contributed by atoms with Crippen LogP contribution in [0.15, 0.2) is 82.6 Å². The van der Waals surface area contributed by atoms with Crippen molar-refractivity contribution < 1.29 is 14.3 Å². The second-order valence-electron chi connectivity index (χ2n) is 7.81. The maximum Gasteiger partial charge on any atom is 0.413 e. The van der Waals surface area contributed by atoms with Gasteiger partial charge in [-0.1, -0.05) is 42.1 Å². The molecular weight excluding hydrogens is 396 g/mol. The van der Waals surface area contributed by atoms with Crippen molar-refractivity contribution in [3.8, 4) is 11.5 Å². The van der Waals surface area contributed by atoms with Crippen LogP contribution in [0.25, 0.3) is 0 Å². The quantitative estimate of drug-likeness (QED) is 0.485. The molecule has 0 bridgehead atoms. The molecule has 0 radical (unpaired) electrons. The van der Waals surface area contributed by atoms with E-state index in [0.717, 1.165) is 21.1 Å². The lowest BCUT2D eigenvalue weighted by molar-refractivity contribution is 0.190. The highest BCUT2D eigenvalue weighted by Crippen LogP contribution is 2.35. The van der Waals surface area contributed by atoms with Crippen LogP contribution in [-0.4, -0.2) is 11.6 Å². The van der Waals surface area contributed by atoms with Crippen LogP contribution in [-0.2, 0) is 6.61 Å². The number of amides is 1. The van der Waals surface area contributed by atoms with Gasteiger partial charge in [0, 0.05) is 27.1 Å². The summed E-state index contributed by atoms with van der Waals surface area (Å²) in [6.45, 7) is 6.19. The fourth-order valence-electron chi connectivity index (χ4n) is 2.59. The smallest absolute Gasteiger partial charge is 0.413 e. The van der Waals surface area contributed by atoms with E-state index in [2.05, 4.69) is 5.32 Å². The molecule has 0 atom stereocenters. The molecule has 30 heavy (non-hydrogen) atoms. The molecule has 0 aliphatic rings. The molecule has 0 saturated heterocycles. The molecule has 3 aromatic rings. The van der Waals surface area contributed by atoms with Gasteiger partial charge in [-0.25, -0.2) is 4.79 Å². The molecular formula is C24H26N2O3S. The Balaban J connectivity index is 1.57. The average molecular weight is 423 g/mol. The molecule has 156 valence electrons. The van der Waals surface area contributed by atoms with Crippen molar-refractivity contribution in [3.05, 3.63) is 78.4 Å². The van der Waals surface area contributed by atoms with E-state index in [1.165, 1.54) is 11.8 Å². The number of benzene rings is 3. The third-order valence-electron chi connectivity index (χ3n) is 3.97. The predicted octanol–water partition coefficient (Wildman–Crippen LogP) is 5.89. The van der Waals surface area contributed by atoms with E-state index < -0.39 is 6.09 Å². The number of anilines is 1. The number of ether oxygens (including phenoxy) is 2. The van der Waals surface area contributed by atoms with E-state index >= 15 is 0 Å². The van der Waals surface area contributed by atoms with Crippen LogP contribution in [0.2, 0.25) is 0 Å². The van der Waals surface area contributed by atoms with Gasteiger partial charge in [0.25, 0.3) is 0 Å². The molecule has 3 rings (SSSR count). The van der Waals surface area contributed by atoms with Gasteiger partial charge in [0.1, 0.15) is 18.1 Å². The maximum atomic E-state index is 11.9. The van der Waals surface area contributed by atoms with E-state index in [9.17, 15) is 4.79 Å². The van der Waals surface area contributed by atoms with Crippen molar-refractivity contribution in [2.75, 3.05) is 5.73 Å². The lowest BCUT2D eigenvalue weighted by Crippen LogP contribution is -2.42. The minimum atomic E-state index is -0.474. The lowest BCUT2D eigenvalue weighted by Gasteiger charge is -2.19. The second-order valence-corrected chi connectivity index (χ2v) is 8.93. The number of hydrogen-bond donors (Lipinski definition) is 2. The molecule has 0 aliphatic carbocycles. The Kier molecular flexibility index (Phi) is 6.90. The van der Waals surface area contributed by atoms with Crippen molar-refractivity contribution >= 4 is 23.5 Å². The summed E-state index contributed by atoms with van der Waals surface area (Å²) in [5.74, 6) is 1.22. The highest BCUT2D eigenvalue weighted by Gasteiger charge is 2.15. The SMILES string of the molecule is CC(C)(C)NC(=O)Oc1ccc(Sc2ccc(OCc3ccccc3)cc2N)cc1. The first-order valence-electron chi connectivity index (χ1n) is 9.63. The van der Waals surface area contributed by atoms with E-state index in [4.69, 9.17) is 15.2 Å². The van der Waals surface area contributed by atoms with Crippen LogP contribution in [0.1, 0.15) is 26.3 Å². The van der Waals surface area contributed by atoms with Crippen molar-refractivity contribution in [3.63, 3.8) is 0 Å². The number of carbonyl (C=O) groups excluding carboxylic acids is 1. The van der Waals surface area contributed by atoms with Gasteiger partial charge in [0.15, 0.2) is 0 Å². The number of nitrogens with two attached hydrogens (primary N) is 1. The number of nitrogen functional groups attached to an aromatic ring is 1. The van der Waals surface area contributed by atoms with Crippen LogP contribution in [0.4, 0.5) is 10.5 Å². The van der Waals surface area contributed by atoms with Gasteiger partial charge < -0.3 is 20.5 Å². The number of nitrogens with one attached hydrogen (secondary N) is 1. The number of carbonyl (C=O) groups is 1. The monoisotopic (exact) mass is 422 g/mol. The van der Waals surface area contributed by atoms with Gasteiger partial charge in [0.2, 0.25) is 0 Å². The molecule has 0 spiro atoms. The molecule has 3 N–H and O–H groups in total. The van der Waals surface area contributed by atoms with E-state index in [1.807, 2.05) is 81.4 Å². The van der Waals surface area contributed by atoms with E-state index in [1.54, 1.807) is 12.1 Å². The third-order valence-corrected chi connectivity index (χ3v) is 5.07. The van der Waals surface area contributed by atoms with Crippen LogP contribution in [0.5, 0.6) is 11.5 Å². The molecule has 5 nitrogen and oxygen atoms in total. The summed E-state index contributed by atoms with van der Waals surface area (Å²) in [4.78, 5) is 13.8. The van der Waals surface area contributed by atoms with Gasteiger partial charge in [-0.3, -0.25) is 0 Å². The van der Waals surface area contributed by atoms with Gasteiger partial charge in [0.05, 0.1) is 0 Å². The Bertz CT molecular complexity index is 984. The highest BCUT2D eigenvalue weighted by atomic mass is 32.2. The molecule has 0 heterocycles. The molecule has 0 aromatic heterocycles. The van der Waals surface area contributed by atoms with Gasteiger partial charge in [-0.2, -0.15) is 0 Å². The summed E-state index contributed by atoms with van der Waals surface area (Å²) in [6, 6.07) is 23.0. The molecule has 0 saturated carbocycles. The van der Waals surface area contributed by atoms with Crippen molar-refractivity contribution in [1.29, 1.82) is 0 Å². The molecule has 3 aromatic carbocycles. The highest BCUT2D eigenvalue weighted by molar-refractivity contribution is 7.99. The van der Waals surface area contributed by atoms with Crippen LogP contribution in [0, 0.1) is 0 Å².